The van der Waals surface area contributed by atoms with E-state index in [0.29, 0.717) is 12.5 Å². The topological polar surface area (TPSA) is 41.6 Å². The first-order valence-electron chi connectivity index (χ1n) is 6.88. The minimum Gasteiger partial charge on any atom is -0.370 e. The Labute approximate surface area is 110 Å². The van der Waals surface area contributed by atoms with E-state index in [2.05, 4.69) is 28.9 Å². The fourth-order valence-corrected chi connectivity index (χ4v) is 2.46. The normalized spacial score (nSPS) is 21.1. The van der Waals surface area contributed by atoms with Gasteiger partial charge in [-0.3, -0.25) is 0 Å². The highest BCUT2D eigenvalue weighted by Gasteiger charge is 2.19. The number of nitrogens with two attached hydrogens (primary N) is 1. The van der Waals surface area contributed by atoms with Gasteiger partial charge in [-0.1, -0.05) is 43.7 Å². The zero-order valence-electron chi connectivity index (χ0n) is 11.2. The lowest BCUT2D eigenvalue weighted by atomic mass is 9.96. The molecule has 98 valence electrons. The van der Waals surface area contributed by atoms with Crippen LogP contribution in [0.5, 0.6) is 0 Å². The lowest BCUT2D eigenvalue weighted by molar-refractivity contribution is 0.250. The number of benzene rings is 1. The molecule has 0 spiro atoms. The van der Waals surface area contributed by atoms with Crippen LogP contribution in [0, 0.1) is 5.92 Å². The first-order valence-corrected chi connectivity index (χ1v) is 6.88. The van der Waals surface area contributed by atoms with Gasteiger partial charge >= 0.3 is 0 Å². The first-order chi connectivity index (χ1) is 8.79. The third-order valence-electron chi connectivity index (χ3n) is 3.69. The molecule has 0 amide bonds. The molecular weight excluding hydrogens is 222 g/mol. The van der Waals surface area contributed by atoms with Crippen LogP contribution < -0.4 is 5.73 Å². The minimum absolute atomic E-state index is 0.681. The first kappa shape index (κ1) is 12.9. The average molecular weight is 245 g/mol. The molecule has 3 heteroatoms. The molecule has 1 aliphatic rings. The molecule has 2 rings (SSSR count). The molecule has 0 aromatic heterocycles. The summed E-state index contributed by atoms with van der Waals surface area (Å²) in [6.07, 6.45) is 3.81. The molecule has 1 atom stereocenters. The summed E-state index contributed by atoms with van der Waals surface area (Å²) >= 11 is 0. The molecule has 18 heavy (non-hydrogen) atoms. The van der Waals surface area contributed by atoms with Crippen molar-refractivity contribution in [2.45, 2.75) is 32.7 Å². The van der Waals surface area contributed by atoms with Crippen LogP contribution in [0.15, 0.2) is 35.3 Å². The Balaban J connectivity index is 1.92. The second kappa shape index (κ2) is 6.43. The van der Waals surface area contributed by atoms with Crippen LogP contribution in [-0.2, 0) is 6.54 Å². The molecule has 1 heterocycles. The molecule has 1 unspecified atom stereocenters. The standard InChI is InChI=1S/C15H23N3/c1-2-13-9-6-10-18(12-13)15(16)17-11-14-7-4-3-5-8-14/h3-5,7-8,13H,2,6,9-12H2,1H3,(H2,16,17). The van der Waals surface area contributed by atoms with E-state index in [9.17, 15) is 0 Å². The second-order valence-electron chi connectivity index (χ2n) is 5.02. The number of hydrogen-bond acceptors (Lipinski definition) is 1. The smallest absolute Gasteiger partial charge is 0.191 e. The maximum atomic E-state index is 6.09. The molecule has 1 aromatic rings. The highest BCUT2D eigenvalue weighted by Crippen LogP contribution is 2.18. The summed E-state index contributed by atoms with van der Waals surface area (Å²) < 4.78 is 0. The summed E-state index contributed by atoms with van der Waals surface area (Å²) in [5.41, 5.74) is 7.30. The Hall–Kier alpha value is -1.51. The third-order valence-corrected chi connectivity index (χ3v) is 3.69. The molecular formula is C15H23N3. The SMILES string of the molecule is CCC1CCCN(C(N)=NCc2ccccc2)C1. The van der Waals surface area contributed by atoms with Gasteiger partial charge in [0.25, 0.3) is 0 Å². The van der Waals surface area contributed by atoms with Crippen LogP contribution in [0.1, 0.15) is 31.7 Å². The van der Waals surface area contributed by atoms with E-state index in [1.165, 1.54) is 24.8 Å². The molecule has 0 bridgehead atoms. The Morgan fingerprint density at radius 3 is 2.89 bits per heavy atom. The Kier molecular flexibility index (Phi) is 4.62. The van der Waals surface area contributed by atoms with E-state index in [1.54, 1.807) is 0 Å². The molecule has 1 aliphatic heterocycles. The zero-order chi connectivity index (χ0) is 12.8. The Morgan fingerprint density at radius 2 is 2.17 bits per heavy atom. The van der Waals surface area contributed by atoms with Gasteiger partial charge in [0.05, 0.1) is 6.54 Å². The zero-order valence-corrected chi connectivity index (χ0v) is 11.2. The Morgan fingerprint density at radius 1 is 1.39 bits per heavy atom. The molecule has 0 saturated carbocycles. The van der Waals surface area contributed by atoms with Crippen LogP contribution in [-0.4, -0.2) is 23.9 Å². The van der Waals surface area contributed by atoms with Gasteiger partial charge in [-0.2, -0.15) is 0 Å². The molecule has 3 nitrogen and oxygen atoms in total. The fourth-order valence-electron chi connectivity index (χ4n) is 2.46. The number of aliphatic imine (C=N–C) groups is 1. The highest BCUT2D eigenvalue weighted by atomic mass is 15.3. The molecule has 1 saturated heterocycles. The van der Waals surface area contributed by atoms with Crippen LogP contribution in [0.4, 0.5) is 0 Å². The summed E-state index contributed by atoms with van der Waals surface area (Å²) in [7, 11) is 0. The van der Waals surface area contributed by atoms with Crippen LogP contribution in [0.25, 0.3) is 0 Å². The predicted molar refractivity (Wildman–Crippen MR) is 76.4 cm³/mol. The van der Waals surface area contributed by atoms with E-state index < -0.39 is 0 Å². The highest BCUT2D eigenvalue weighted by molar-refractivity contribution is 5.78. The second-order valence-corrected chi connectivity index (χ2v) is 5.02. The van der Waals surface area contributed by atoms with Gasteiger partial charge in [-0.15, -0.1) is 0 Å². The van der Waals surface area contributed by atoms with Crippen molar-refractivity contribution in [1.82, 2.24) is 4.90 Å². The molecule has 0 radical (unpaired) electrons. The van der Waals surface area contributed by atoms with Crippen molar-refractivity contribution in [3.63, 3.8) is 0 Å². The molecule has 1 aromatic carbocycles. The average Bonchev–Trinajstić information content (AvgIpc) is 2.46. The van der Waals surface area contributed by atoms with Gasteiger partial charge in [0.1, 0.15) is 0 Å². The van der Waals surface area contributed by atoms with Gasteiger partial charge in [-0.25, -0.2) is 4.99 Å². The summed E-state index contributed by atoms with van der Waals surface area (Å²) in [4.78, 5) is 6.74. The monoisotopic (exact) mass is 245 g/mol. The van der Waals surface area contributed by atoms with Crippen molar-refractivity contribution >= 4 is 5.96 Å². The summed E-state index contributed by atoms with van der Waals surface area (Å²) in [6.45, 7) is 5.06. The van der Waals surface area contributed by atoms with Gasteiger partial charge in [0, 0.05) is 13.1 Å². The van der Waals surface area contributed by atoms with Crippen molar-refractivity contribution < 1.29 is 0 Å². The molecule has 0 aliphatic carbocycles. The van der Waals surface area contributed by atoms with Crippen molar-refractivity contribution in [2.75, 3.05) is 13.1 Å². The number of likely N-dealkylation sites (tertiary alicyclic amines) is 1. The molecule has 1 fully saturated rings. The third kappa shape index (κ3) is 3.49. The number of guanidine groups is 1. The lowest BCUT2D eigenvalue weighted by Crippen LogP contribution is -2.44. The van der Waals surface area contributed by atoms with Crippen LogP contribution in [0.3, 0.4) is 0 Å². The number of hydrogen-bond donors (Lipinski definition) is 1. The maximum absolute atomic E-state index is 6.09. The molecule has 2 N–H and O–H groups in total. The van der Waals surface area contributed by atoms with Crippen LogP contribution in [0.2, 0.25) is 0 Å². The van der Waals surface area contributed by atoms with Crippen molar-refractivity contribution in [2.24, 2.45) is 16.6 Å². The van der Waals surface area contributed by atoms with E-state index >= 15 is 0 Å². The fraction of sp³-hybridized carbons (Fsp3) is 0.533. The van der Waals surface area contributed by atoms with Gasteiger partial charge < -0.3 is 10.6 Å². The van der Waals surface area contributed by atoms with E-state index in [4.69, 9.17) is 5.73 Å². The summed E-state index contributed by atoms with van der Waals surface area (Å²) in [5.74, 6) is 1.49. The predicted octanol–water partition coefficient (Wildman–Crippen LogP) is 2.62. The van der Waals surface area contributed by atoms with Crippen LogP contribution >= 0.6 is 0 Å². The number of piperidine rings is 1. The quantitative estimate of drug-likeness (QED) is 0.657. The van der Waals surface area contributed by atoms with E-state index in [-0.39, 0.29) is 0 Å². The van der Waals surface area contributed by atoms with Gasteiger partial charge in [0.2, 0.25) is 0 Å². The Bertz CT molecular complexity index is 386. The maximum Gasteiger partial charge on any atom is 0.191 e. The van der Waals surface area contributed by atoms with Gasteiger partial charge in [0.15, 0.2) is 5.96 Å². The number of rotatable bonds is 3. The van der Waals surface area contributed by atoms with Crippen molar-refractivity contribution in [3.05, 3.63) is 35.9 Å². The van der Waals surface area contributed by atoms with E-state index in [0.717, 1.165) is 19.0 Å². The lowest BCUT2D eigenvalue weighted by Gasteiger charge is -2.33. The summed E-state index contributed by atoms with van der Waals surface area (Å²) in [5, 5.41) is 0. The minimum atomic E-state index is 0.681. The van der Waals surface area contributed by atoms with E-state index in [1.807, 2.05) is 18.2 Å². The van der Waals surface area contributed by atoms with Crippen molar-refractivity contribution in [3.8, 4) is 0 Å². The number of nitrogens with zero attached hydrogens (tertiary/aromatic N) is 2. The van der Waals surface area contributed by atoms with Gasteiger partial charge in [-0.05, 0) is 24.3 Å². The largest absolute Gasteiger partial charge is 0.370 e. The summed E-state index contributed by atoms with van der Waals surface area (Å²) in [6, 6.07) is 10.3. The van der Waals surface area contributed by atoms with Crippen molar-refractivity contribution in [1.29, 1.82) is 0 Å².